The third kappa shape index (κ3) is 2.68. The van der Waals surface area contributed by atoms with E-state index in [1.54, 1.807) is 6.07 Å². The predicted octanol–water partition coefficient (Wildman–Crippen LogP) is 1.13. The van der Waals surface area contributed by atoms with Crippen LogP contribution >= 0.6 is 0 Å². The summed E-state index contributed by atoms with van der Waals surface area (Å²) >= 11 is 0. The van der Waals surface area contributed by atoms with E-state index in [0.29, 0.717) is 17.8 Å². The van der Waals surface area contributed by atoms with Crippen molar-refractivity contribution in [1.29, 1.82) is 0 Å². The molecule has 26 heavy (non-hydrogen) atoms. The molecular formula is C19H24N6O. The Morgan fingerprint density at radius 1 is 1.08 bits per heavy atom. The fourth-order valence-electron chi connectivity index (χ4n) is 4.42. The molecule has 2 fully saturated rings. The average molecular weight is 352 g/mol. The molecule has 0 saturated carbocycles. The highest BCUT2D eigenvalue weighted by atomic mass is 16.3. The first kappa shape index (κ1) is 15.8. The van der Waals surface area contributed by atoms with E-state index in [2.05, 4.69) is 36.7 Å². The minimum Gasteiger partial charge on any atom is -0.507 e. The van der Waals surface area contributed by atoms with Crippen LogP contribution in [0.15, 0.2) is 30.3 Å². The second-order valence-electron chi connectivity index (χ2n) is 7.35. The Morgan fingerprint density at radius 2 is 2.00 bits per heavy atom. The average Bonchev–Trinajstić information content (AvgIpc) is 3.22. The second-order valence-corrected chi connectivity index (χ2v) is 7.35. The van der Waals surface area contributed by atoms with E-state index in [1.807, 2.05) is 18.2 Å². The summed E-state index contributed by atoms with van der Waals surface area (Å²) in [4.78, 5) is 5.09. The Labute approximate surface area is 153 Å². The molecule has 2 aromatic rings. The van der Waals surface area contributed by atoms with Crippen molar-refractivity contribution in [3.63, 3.8) is 0 Å². The van der Waals surface area contributed by atoms with Crippen molar-refractivity contribution >= 4 is 11.5 Å². The number of aromatic nitrogens is 2. The topological polar surface area (TPSA) is 76.5 Å². The predicted molar refractivity (Wildman–Crippen MR) is 102 cm³/mol. The monoisotopic (exact) mass is 352 g/mol. The van der Waals surface area contributed by atoms with Gasteiger partial charge < -0.3 is 20.6 Å². The Kier molecular flexibility index (Phi) is 3.90. The van der Waals surface area contributed by atoms with Gasteiger partial charge in [-0.05, 0) is 31.2 Å². The quantitative estimate of drug-likeness (QED) is 0.748. The van der Waals surface area contributed by atoms with Gasteiger partial charge in [0.1, 0.15) is 5.75 Å². The first-order valence-corrected chi connectivity index (χ1v) is 9.41. The van der Waals surface area contributed by atoms with Gasteiger partial charge in [0.25, 0.3) is 0 Å². The van der Waals surface area contributed by atoms with Gasteiger partial charge in [-0.2, -0.15) is 0 Å². The number of phenols is 1. The van der Waals surface area contributed by atoms with E-state index in [0.717, 1.165) is 56.3 Å². The summed E-state index contributed by atoms with van der Waals surface area (Å²) in [5, 5.41) is 25.8. The largest absolute Gasteiger partial charge is 0.507 e. The summed E-state index contributed by atoms with van der Waals surface area (Å²) in [6.45, 7) is 6.30. The molecule has 0 aliphatic carbocycles. The van der Waals surface area contributed by atoms with Crippen LogP contribution in [-0.2, 0) is 0 Å². The molecular weight excluding hydrogens is 328 g/mol. The van der Waals surface area contributed by atoms with Crippen LogP contribution in [-0.4, -0.2) is 71.6 Å². The molecule has 3 aliphatic heterocycles. The summed E-state index contributed by atoms with van der Waals surface area (Å²) in [7, 11) is 0. The highest BCUT2D eigenvalue weighted by Gasteiger charge is 2.35. The zero-order valence-corrected chi connectivity index (χ0v) is 14.7. The Bertz CT molecular complexity index is 806. The molecule has 7 heteroatoms. The van der Waals surface area contributed by atoms with Gasteiger partial charge in [0.15, 0.2) is 5.82 Å². The number of nitrogens with one attached hydrogen (secondary N) is 2. The van der Waals surface area contributed by atoms with Crippen molar-refractivity contribution in [2.45, 2.75) is 18.5 Å². The third-order valence-electron chi connectivity index (χ3n) is 5.83. The zero-order valence-electron chi connectivity index (χ0n) is 14.7. The van der Waals surface area contributed by atoms with Gasteiger partial charge in [0.05, 0.1) is 17.4 Å². The minimum absolute atomic E-state index is 0.237. The fourth-order valence-corrected chi connectivity index (χ4v) is 4.42. The van der Waals surface area contributed by atoms with Crippen LogP contribution in [0.25, 0.3) is 11.3 Å². The lowest BCUT2D eigenvalue weighted by Crippen LogP contribution is -2.60. The van der Waals surface area contributed by atoms with E-state index >= 15 is 0 Å². The summed E-state index contributed by atoms with van der Waals surface area (Å²) in [5.74, 6) is 1.08. The Morgan fingerprint density at radius 3 is 2.85 bits per heavy atom. The van der Waals surface area contributed by atoms with Gasteiger partial charge in [-0.1, -0.05) is 12.1 Å². The molecule has 2 saturated heterocycles. The highest BCUT2D eigenvalue weighted by Crippen LogP contribution is 2.36. The van der Waals surface area contributed by atoms with Crippen molar-refractivity contribution in [1.82, 2.24) is 20.4 Å². The molecule has 136 valence electrons. The number of rotatable bonds is 2. The van der Waals surface area contributed by atoms with Crippen LogP contribution in [0.5, 0.6) is 5.75 Å². The van der Waals surface area contributed by atoms with Crippen LogP contribution in [0, 0.1) is 0 Å². The fraction of sp³-hybridized carbons (Fsp3) is 0.474. The summed E-state index contributed by atoms with van der Waals surface area (Å²) in [5.41, 5.74) is 2.53. The van der Waals surface area contributed by atoms with Crippen LogP contribution < -0.4 is 15.5 Å². The number of anilines is 2. The van der Waals surface area contributed by atoms with Crippen LogP contribution in [0.2, 0.25) is 0 Å². The molecule has 0 amide bonds. The molecule has 1 unspecified atom stereocenters. The molecule has 1 aromatic carbocycles. The number of para-hydroxylation sites is 1. The lowest BCUT2D eigenvalue weighted by atomic mass is 10.0. The van der Waals surface area contributed by atoms with Crippen molar-refractivity contribution < 1.29 is 5.11 Å². The summed E-state index contributed by atoms with van der Waals surface area (Å²) < 4.78 is 0. The number of phenolic OH excluding ortho intramolecular Hbond substituents is 1. The maximum atomic E-state index is 10.1. The van der Waals surface area contributed by atoms with Crippen molar-refractivity contribution in [3.8, 4) is 17.0 Å². The number of fused-ring (bicyclic) bond motifs is 3. The van der Waals surface area contributed by atoms with Crippen molar-refractivity contribution in [2.75, 3.05) is 49.5 Å². The standard InChI is InChI=1S/C19H24N6O/c26-18-4-2-1-3-15(18)16-9-17-19(23-22-16)21-11-14-12-24(7-8-25(14)17)13-5-6-20-10-13/h1-4,9,13-14,20,26H,5-8,10-12H2,(H,21,23)/t13?,14-/m0/s1. The van der Waals surface area contributed by atoms with Gasteiger partial charge in [-0.15, -0.1) is 10.2 Å². The van der Waals surface area contributed by atoms with E-state index in [-0.39, 0.29) is 5.75 Å². The maximum Gasteiger partial charge on any atom is 0.172 e. The smallest absolute Gasteiger partial charge is 0.172 e. The zero-order chi connectivity index (χ0) is 17.5. The molecule has 7 nitrogen and oxygen atoms in total. The maximum absolute atomic E-state index is 10.1. The molecule has 1 aromatic heterocycles. The van der Waals surface area contributed by atoms with Crippen molar-refractivity contribution in [2.24, 2.45) is 0 Å². The van der Waals surface area contributed by atoms with Crippen LogP contribution in [0.3, 0.4) is 0 Å². The van der Waals surface area contributed by atoms with Gasteiger partial charge >= 0.3 is 0 Å². The number of piperazine rings is 1. The normalized spacial score (nSPS) is 25.5. The SMILES string of the molecule is Oc1ccccc1-c1cc2c(nn1)NC[C@H]1CN(C3CCNC3)CCN21. The molecule has 2 atom stereocenters. The minimum atomic E-state index is 0.237. The second kappa shape index (κ2) is 6.41. The van der Waals surface area contributed by atoms with Crippen molar-refractivity contribution in [3.05, 3.63) is 30.3 Å². The highest BCUT2D eigenvalue weighted by molar-refractivity contribution is 5.76. The molecule has 3 N–H and O–H groups in total. The molecule has 0 spiro atoms. The summed E-state index contributed by atoms with van der Waals surface area (Å²) in [6.07, 6.45) is 1.25. The van der Waals surface area contributed by atoms with Gasteiger partial charge in [-0.3, -0.25) is 4.90 Å². The van der Waals surface area contributed by atoms with Crippen LogP contribution in [0.4, 0.5) is 11.5 Å². The van der Waals surface area contributed by atoms with Gasteiger partial charge in [0.2, 0.25) is 0 Å². The number of hydrogen-bond donors (Lipinski definition) is 3. The Balaban J connectivity index is 1.42. The molecule has 0 bridgehead atoms. The van der Waals surface area contributed by atoms with Gasteiger partial charge in [-0.25, -0.2) is 0 Å². The van der Waals surface area contributed by atoms with Crippen LogP contribution in [0.1, 0.15) is 6.42 Å². The molecule has 0 radical (unpaired) electrons. The number of aromatic hydroxyl groups is 1. The number of nitrogens with zero attached hydrogens (tertiary/aromatic N) is 4. The number of hydrogen-bond acceptors (Lipinski definition) is 7. The lowest BCUT2D eigenvalue weighted by Gasteiger charge is -2.47. The molecule has 4 heterocycles. The first-order valence-electron chi connectivity index (χ1n) is 9.41. The molecule has 5 rings (SSSR count). The van der Waals surface area contributed by atoms with E-state index < -0.39 is 0 Å². The lowest BCUT2D eigenvalue weighted by molar-refractivity contribution is 0.171. The first-order chi connectivity index (χ1) is 12.8. The van der Waals surface area contributed by atoms with Gasteiger partial charge in [0, 0.05) is 44.3 Å². The third-order valence-corrected chi connectivity index (χ3v) is 5.83. The Hall–Kier alpha value is -2.38. The summed E-state index contributed by atoms with van der Waals surface area (Å²) in [6, 6.07) is 10.5. The van der Waals surface area contributed by atoms with E-state index in [4.69, 9.17) is 0 Å². The van der Waals surface area contributed by atoms with E-state index in [1.165, 1.54) is 6.42 Å². The van der Waals surface area contributed by atoms with E-state index in [9.17, 15) is 5.11 Å². The molecule has 3 aliphatic rings. The number of benzene rings is 1.